The smallest absolute Gasteiger partial charge is 0.243 e. The van der Waals surface area contributed by atoms with Crippen molar-refractivity contribution in [3.8, 4) is 5.75 Å². The minimum atomic E-state index is -3.72. The molecular weight excluding hydrogens is 883 g/mol. The van der Waals surface area contributed by atoms with E-state index in [0.29, 0.717) is 70.1 Å². The summed E-state index contributed by atoms with van der Waals surface area (Å²) in [5, 5.41) is 5.93. The van der Waals surface area contributed by atoms with Gasteiger partial charge in [0, 0.05) is 76.0 Å². The van der Waals surface area contributed by atoms with Crippen molar-refractivity contribution < 1.29 is 30.4 Å². The van der Waals surface area contributed by atoms with E-state index in [4.69, 9.17) is 14.7 Å². The summed E-state index contributed by atoms with van der Waals surface area (Å²) in [5.74, 6) is -0.227. The van der Waals surface area contributed by atoms with Gasteiger partial charge in [0.25, 0.3) is 0 Å². The van der Waals surface area contributed by atoms with Gasteiger partial charge in [0.2, 0.25) is 20.0 Å². The Bertz CT molecular complexity index is 2700. The third kappa shape index (κ3) is 11.3. The molecule has 2 aliphatic rings. The molecule has 334 valence electrons. The van der Waals surface area contributed by atoms with Crippen molar-refractivity contribution >= 4 is 53.0 Å². The molecule has 0 bridgehead atoms. The van der Waals surface area contributed by atoms with Crippen molar-refractivity contribution in [2.45, 2.75) is 56.7 Å². The molecule has 0 saturated carbocycles. The van der Waals surface area contributed by atoms with Crippen molar-refractivity contribution in [2.75, 3.05) is 68.8 Å². The van der Waals surface area contributed by atoms with E-state index in [-0.39, 0.29) is 9.79 Å². The first-order valence-electron chi connectivity index (χ1n) is 20.9. The van der Waals surface area contributed by atoms with Gasteiger partial charge in [-0.05, 0) is 91.4 Å². The van der Waals surface area contributed by atoms with Crippen molar-refractivity contribution in [3.63, 3.8) is 0 Å². The molecule has 4 aromatic carbocycles. The van der Waals surface area contributed by atoms with Crippen molar-refractivity contribution in [3.05, 3.63) is 147 Å². The standard InChI is InChI=1S/C23H26FN3O3S2.C23H26FN3O2S2/c1-3-30-21-8-5-18(6-9-21)14-20-16-31-23(25-20)26-10-12-27(13-11-26)32(28,29)22-15-19(24)7-4-17(22)2;1-3-18-5-7-19(8-6-18)14-21-16-30-23(25-21)26-10-12-27(13-11-26)31(28,29)22-15-20(24)9-4-17(22)2/h4-9,15-16H,3,10-14H2,1-2H3;4-9,15-16H,3,10-14H2,1-2H3. The van der Waals surface area contributed by atoms with Crippen LogP contribution in [0.1, 0.15) is 53.1 Å². The minimum Gasteiger partial charge on any atom is -0.494 e. The Morgan fingerprint density at radius 3 is 1.37 bits per heavy atom. The fourth-order valence-corrected chi connectivity index (χ4v) is 12.5. The van der Waals surface area contributed by atoms with Crippen LogP contribution in [0.3, 0.4) is 0 Å². The summed E-state index contributed by atoms with van der Waals surface area (Å²) in [6.45, 7) is 11.7. The average Bonchev–Trinajstić information content (AvgIpc) is 3.97. The molecule has 0 aliphatic carbocycles. The molecule has 0 amide bonds. The van der Waals surface area contributed by atoms with Gasteiger partial charge in [-0.2, -0.15) is 8.61 Å². The first-order chi connectivity index (χ1) is 30.2. The summed E-state index contributed by atoms with van der Waals surface area (Å²) in [6.07, 6.45) is 2.55. The number of halogens is 2. The number of hydrogen-bond donors (Lipinski definition) is 0. The summed E-state index contributed by atoms with van der Waals surface area (Å²) in [4.78, 5) is 13.8. The molecule has 0 unspecified atom stereocenters. The maximum atomic E-state index is 13.6. The van der Waals surface area contributed by atoms with Gasteiger partial charge in [-0.3, -0.25) is 0 Å². The van der Waals surface area contributed by atoms with Crippen LogP contribution in [-0.2, 0) is 39.3 Å². The van der Waals surface area contributed by atoms with Gasteiger partial charge < -0.3 is 14.5 Å². The van der Waals surface area contributed by atoms with Crippen molar-refractivity contribution in [1.29, 1.82) is 0 Å². The van der Waals surface area contributed by atoms with Crippen molar-refractivity contribution in [2.24, 2.45) is 0 Å². The van der Waals surface area contributed by atoms with Crippen LogP contribution >= 0.6 is 22.7 Å². The zero-order valence-electron chi connectivity index (χ0n) is 35.8. The molecule has 4 heterocycles. The lowest BCUT2D eigenvalue weighted by Gasteiger charge is -2.34. The summed E-state index contributed by atoms with van der Waals surface area (Å²) in [7, 11) is -7.44. The molecule has 8 rings (SSSR count). The second-order valence-electron chi connectivity index (χ2n) is 15.4. The monoisotopic (exact) mass is 934 g/mol. The highest BCUT2D eigenvalue weighted by Crippen LogP contribution is 2.29. The number of hydrogen-bond acceptors (Lipinski definition) is 11. The average molecular weight is 935 g/mol. The molecule has 11 nitrogen and oxygen atoms in total. The number of ether oxygens (including phenoxy) is 1. The molecule has 0 radical (unpaired) electrons. The number of thiazole rings is 2. The van der Waals surface area contributed by atoms with E-state index in [1.54, 1.807) is 36.5 Å². The van der Waals surface area contributed by atoms with Crippen LogP contribution in [-0.4, -0.2) is 94.4 Å². The van der Waals surface area contributed by atoms with Crippen LogP contribution in [0.5, 0.6) is 5.75 Å². The normalized spacial score (nSPS) is 15.3. The molecule has 0 spiro atoms. The molecule has 2 aromatic heterocycles. The van der Waals surface area contributed by atoms with Gasteiger partial charge in [0.1, 0.15) is 17.4 Å². The number of nitrogens with zero attached hydrogens (tertiary/aromatic N) is 6. The number of anilines is 2. The SMILES string of the molecule is CCOc1ccc(Cc2csc(N3CCN(S(=O)(=O)c4cc(F)ccc4C)CC3)n2)cc1.CCc1ccc(Cc2csc(N3CCN(S(=O)(=O)c4cc(F)ccc4C)CC3)n2)cc1. The Kier molecular flexibility index (Phi) is 14.9. The maximum absolute atomic E-state index is 13.6. The van der Waals surface area contributed by atoms with Gasteiger partial charge in [0.15, 0.2) is 10.3 Å². The topological polar surface area (TPSA) is 116 Å². The number of aromatic nitrogens is 2. The van der Waals surface area contributed by atoms with E-state index < -0.39 is 31.7 Å². The Morgan fingerprint density at radius 1 is 0.571 bits per heavy atom. The Balaban J connectivity index is 0.000000189. The first kappa shape index (κ1) is 46.2. The Hall–Kier alpha value is -4.78. The summed E-state index contributed by atoms with van der Waals surface area (Å²) in [5.41, 5.74) is 6.83. The lowest BCUT2D eigenvalue weighted by atomic mass is 10.1. The highest BCUT2D eigenvalue weighted by Gasteiger charge is 2.32. The number of rotatable bonds is 13. The van der Waals surface area contributed by atoms with E-state index in [1.807, 2.05) is 36.6 Å². The lowest BCUT2D eigenvalue weighted by molar-refractivity contribution is 0.340. The van der Waals surface area contributed by atoms with E-state index >= 15 is 0 Å². The Labute approximate surface area is 377 Å². The zero-order chi connectivity index (χ0) is 44.7. The predicted molar refractivity (Wildman–Crippen MR) is 247 cm³/mol. The third-order valence-corrected chi connectivity index (χ3v) is 17.1. The second kappa shape index (κ2) is 20.4. The van der Waals surface area contributed by atoms with Crippen molar-refractivity contribution in [1.82, 2.24) is 18.6 Å². The number of piperazine rings is 2. The lowest BCUT2D eigenvalue weighted by Crippen LogP contribution is -2.48. The summed E-state index contributed by atoms with van der Waals surface area (Å²) < 4.78 is 87.6. The van der Waals surface area contributed by atoms with E-state index in [2.05, 4.69) is 46.4 Å². The highest BCUT2D eigenvalue weighted by molar-refractivity contribution is 7.89. The predicted octanol–water partition coefficient (Wildman–Crippen LogP) is 8.35. The molecule has 0 atom stereocenters. The molecule has 17 heteroatoms. The van der Waals surface area contributed by atoms with Crippen LogP contribution in [0.2, 0.25) is 0 Å². The zero-order valence-corrected chi connectivity index (χ0v) is 39.1. The fraction of sp³-hybridized carbons (Fsp3) is 0.348. The second-order valence-corrected chi connectivity index (χ2v) is 20.9. The number of aryl methyl sites for hydroxylation is 3. The third-order valence-electron chi connectivity index (χ3n) is 11.1. The molecule has 2 saturated heterocycles. The summed E-state index contributed by atoms with van der Waals surface area (Å²) in [6, 6.07) is 24.4. The number of benzene rings is 4. The Morgan fingerprint density at radius 2 is 0.968 bits per heavy atom. The van der Waals surface area contributed by atoms with Gasteiger partial charge >= 0.3 is 0 Å². The van der Waals surface area contributed by atoms with E-state index in [0.717, 1.165) is 64.4 Å². The van der Waals surface area contributed by atoms with Crippen LogP contribution in [0.15, 0.2) is 105 Å². The van der Waals surface area contributed by atoms with Crippen LogP contribution in [0.25, 0.3) is 0 Å². The summed E-state index contributed by atoms with van der Waals surface area (Å²) >= 11 is 3.16. The van der Waals surface area contributed by atoms with Crippen LogP contribution in [0, 0.1) is 25.5 Å². The highest BCUT2D eigenvalue weighted by atomic mass is 32.2. The number of sulfonamides is 2. The first-order valence-corrected chi connectivity index (χ1v) is 25.6. The van der Waals surface area contributed by atoms with Gasteiger partial charge in [-0.1, -0.05) is 55.5 Å². The van der Waals surface area contributed by atoms with Gasteiger partial charge in [-0.15, -0.1) is 22.7 Å². The molecular formula is C46H52F2N6O5S4. The molecule has 6 aromatic rings. The van der Waals surface area contributed by atoms with Gasteiger partial charge in [-0.25, -0.2) is 35.6 Å². The largest absolute Gasteiger partial charge is 0.494 e. The van der Waals surface area contributed by atoms with Gasteiger partial charge in [0.05, 0.1) is 27.8 Å². The molecule has 2 fully saturated rings. The van der Waals surface area contributed by atoms with Crippen LogP contribution < -0.4 is 14.5 Å². The molecule has 0 N–H and O–H groups in total. The minimum absolute atomic E-state index is 0.0397. The maximum Gasteiger partial charge on any atom is 0.243 e. The van der Waals surface area contributed by atoms with E-state index in [1.165, 1.54) is 44.0 Å². The molecule has 2 aliphatic heterocycles. The van der Waals surface area contributed by atoms with E-state index in [9.17, 15) is 25.6 Å². The fourth-order valence-electron chi connectivity index (χ4n) is 7.45. The molecule has 63 heavy (non-hydrogen) atoms. The van der Waals surface area contributed by atoms with Crippen LogP contribution in [0.4, 0.5) is 19.0 Å². The quantitative estimate of drug-likeness (QED) is 0.113.